The van der Waals surface area contributed by atoms with Crippen LogP contribution in [0.15, 0.2) is 42.5 Å². The summed E-state index contributed by atoms with van der Waals surface area (Å²) in [5.41, 5.74) is 9.99. The largest absolute Gasteiger partial charge is 0.493 e. The van der Waals surface area contributed by atoms with Crippen molar-refractivity contribution in [3.05, 3.63) is 59.2 Å². The summed E-state index contributed by atoms with van der Waals surface area (Å²) in [6, 6.07) is 14.9. The van der Waals surface area contributed by atoms with Gasteiger partial charge in [0.2, 0.25) is 0 Å². The van der Waals surface area contributed by atoms with Gasteiger partial charge in [0.05, 0.1) is 14.2 Å². The smallest absolute Gasteiger partial charge is 0.161 e. The van der Waals surface area contributed by atoms with E-state index in [9.17, 15) is 0 Å². The van der Waals surface area contributed by atoms with Gasteiger partial charge >= 0.3 is 0 Å². The van der Waals surface area contributed by atoms with Crippen LogP contribution in [0.1, 0.15) is 22.7 Å². The third-order valence-corrected chi connectivity index (χ3v) is 4.57. The molecule has 4 heteroatoms. The lowest BCUT2D eigenvalue weighted by atomic mass is 9.91. The molecule has 0 fully saturated rings. The van der Waals surface area contributed by atoms with E-state index in [1.165, 1.54) is 16.7 Å². The number of ether oxygens (including phenoxy) is 2. The van der Waals surface area contributed by atoms with Gasteiger partial charge in [0.25, 0.3) is 0 Å². The normalized spacial score (nSPS) is 17.6. The monoisotopic (exact) mass is 312 g/mol. The van der Waals surface area contributed by atoms with E-state index in [0.717, 1.165) is 31.0 Å². The topological polar surface area (TPSA) is 47.7 Å². The van der Waals surface area contributed by atoms with Crippen molar-refractivity contribution in [3.8, 4) is 11.5 Å². The number of methoxy groups -OCH3 is 2. The molecular formula is C19H24N2O2. The van der Waals surface area contributed by atoms with Crippen molar-refractivity contribution in [2.45, 2.75) is 19.0 Å². The highest BCUT2D eigenvalue weighted by Crippen LogP contribution is 2.38. The SMILES string of the molecule is COc1cc2c(cc1OC)C(CN)N(Cc1ccccc1)CC2. The fraction of sp³-hybridized carbons (Fsp3) is 0.368. The van der Waals surface area contributed by atoms with Crippen molar-refractivity contribution in [2.75, 3.05) is 27.3 Å². The van der Waals surface area contributed by atoms with Crippen LogP contribution in [-0.2, 0) is 13.0 Å². The van der Waals surface area contributed by atoms with Crippen molar-refractivity contribution >= 4 is 0 Å². The van der Waals surface area contributed by atoms with Gasteiger partial charge in [-0.3, -0.25) is 4.90 Å². The number of nitrogens with zero attached hydrogens (tertiary/aromatic N) is 1. The van der Waals surface area contributed by atoms with E-state index in [0.29, 0.717) is 6.54 Å². The minimum absolute atomic E-state index is 0.207. The number of nitrogens with two attached hydrogens (primary N) is 1. The van der Waals surface area contributed by atoms with Crippen LogP contribution in [0.25, 0.3) is 0 Å². The Hall–Kier alpha value is -2.04. The molecular weight excluding hydrogens is 288 g/mol. The summed E-state index contributed by atoms with van der Waals surface area (Å²) in [4.78, 5) is 2.45. The van der Waals surface area contributed by atoms with E-state index in [-0.39, 0.29) is 6.04 Å². The van der Waals surface area contributed by atoms with E-state index >= 15 is 0 Å². The summed E-state index contributed by atoms with van der Waals surface area (Å²) >= 11 is 0. The molecule has 23 heavy (non-hydrogen) atoms. The van der Waals surface area contributed by atoms with Crippen LogP contribution < -0.4 is 15.2 Å². The van der Waals surface area contributed by atoms with Gasteiger partial charge in [0.15, 0.2) is 11.5 Å². The van der Waals surface area contributed by atoms with Crippen LogP contribution in [-0.4, -0.2) is 32.2 Å². The Morgan fingerprint density at radius 2 is 1.78 bits per heavy atom. The van der Waals surface area contributed by atoms with Crippen molar-refractivity contribution in [1.82, 2.24) is 4.90 Å². The average molecular weight is 312 g/mol. The number of benzene rings is 2. The van der Waals surface area contributed by atoms with Gasteiger partial charge in [-0.15, -0.1) is 0 Å². The van der Waals surface area contributed by atoms with E-state index in [1.807, 2.05) is 6.07 Å². The predicted molar refractivity (Wildman–Crippen MR) is 91.9 cm³/mol. The molecule has 0 aliphatic carbocycles. The minimum Gasteiger partial charge on any atom is -0.493 e. The molecule has 122 valence electrons. The summed E-state index contributed by atoms with van der Waals surface area (Å²) in [6.45, 7) is 2.51. The maximum Gasteiger partial charge on any atom is 0.161 e. The van der Waals surface area contributed by atoms with Gasteiger partial charge in [-0.1, -0.05) is 30.3 Å². The molecule has 0 spiro atoms. The average Bonchev–Trinajstić information content (AvgIpc) is 2.61. The zero-order valence-electron chi connectivity index (χ0n) is 13.8. The first kappa shape index (κ1) is 15.8. The lowest BCUT2D eigenvalue weighted by Gasteiger charge is -2.37. The molecule has 2 aromatic carbocycles. The zero-order valence-corrected chi connectivity index (χ0v) is 13.8. The maximum absolute atomic E-state index is 6.11. The van der Waals surface area contributed by atoms with Crippen molar-refractivity contribution < 1.29 is 9.47 Å². The molecule has 2 aromatic rings. The Labute approximate surface area is 137 Å². The summed E-state index contributed by atoms with van der Waals surface area (Å²) in [6.07, 6.45) is 0.999. The van der Waals surface area contributed by atoms with Gasteiger partial charge in [-0.25, -0.2) is 0 Å². The maximum atomic E-state index is 6.11. The second-order valence-electron chi connectivity index (χ2n) is 5.86. The van der Waals surface area contributed by atoms with Gasteiger partial charge in [0, 0.05) is 25.7 Å². The second-order valence-corrected chi connectivity index (χ2v) is 5.86. The van der Waals surface area contributed by atoms with Crippen LogP contribution in [0.2, 0.25) is 0 Å². The number of rotatable bonds is 5. The molecule has 1 atom stereocenters. The van der Waals surface area contributed by atoms with Crippen molar-refractivity contribution in [2.24, 2.45) is 5.73 Å². The lowest BCUT2D eigenvalue weighted by Crippen LogP contribution is -2.38. The summed E-state index contributed by atoms with van der Waals surface area (Å²) < 4.78 is 10.9. The molecule has 0 saturated heterocycles. The molecule has 1 heterocycles. The first-order valence-electron chi connectivity index (χ1n) is 7.99. The Balaban J connectivity index is 1.91. The third kappa shape index (κ3) is 3.19. The Morgan fingerprint density at radius 1 is 1.09 bits per heavy atom. The number of hydrogen-bond acceptors (Lipinski definition) is 4. The summed E-state index contributed by atoms with van der Waals surface area (Å²) in [7, 11) is 3.35. The zero-order chi connectivity index (χ0) is 16.2. The molecule has 1 aliphatic heterocycles. The Morgan fingerprint density at radius 3 is 2.43 bits per heavy atom. The molecule has 0 bridgehead atoms. The molecule has 0 radical (unpaired) electrons. The molecule has 1 aliphatic rings. The predicted octanol–water partition coefficient (Wildman–Crippen LogP) is 2.76. The minimum atomic E-state index is 0.207. The van der Waals surface area contributed by atoms with Crippen LogP contribution in [0.5, 0.6) is 11.5 Å². The highest BCUT2D eigenvalue weighted by Gasteiger charge is 2.28. The highest BCUT2D eigenvalue weighted by atomic mass is 16.5. The Kier molecular flexibility index (Phi) is 4.84. The van der Waals surface area contributed by atoms with Crippen LogP contribution in [0, 0.1) is 0 Å². The van der Waals surface area contributed by atoms with Gasteiger partial charge in [-0.2, -0.15) is 0 Å². The van der Waals surface area contributed by atoms with Gasteiger partial charge < -0.3 is 15.2 Å². The molecule has 0 amide bonds. The molecule has 0 saturated carbocycles. The Bertz CT molecular complexity index is 658. The first-order chi connectivity index (χ1) is 11.3. The first-order valence-corrected chi connectivity index (χ1v) is 7.99. The standard InChI is InChI=1S/C19H24N2O2/c1-22-18-10-15-8-9-21(13-14-6-4-3-5-7-14)17(12-20)16(15)11-19(18)23-2/h3-7,10-11,17H,8-9,12-13,20H2,1-2H3. The number of fused-ring (bicyclic) bond motifs is 1. The van der Waals surface area contributed by atoms with Gasteiger partial charge in [-0.05, 0) is 35.2 Å². The molecule has 2 N–H and O–H groups in total. The van der Waals surface area contributed by atoms with E-state index in [4.69, 9.17) is 15.2 Å². The van der Waals surface area contributed by atoms with E-state index in [2.05, 4.69) is 41.3 Å². The summed E-state index contributed by atoms with van der Waals surface area (Å²) in [5, 5.41) is 0. The lowest BCUT2D eigenvalue weighted by molar-refractivity contribution is 0.180. The van der Waals surface area contributed by atoms with Crippen LogP contribution in [0.4, 0.5) is 0 Å². The third-order valence-electron chi connectivity index (χ3n) is 4.57. The molecule has 0 aromatic heterocycles. The summed E-state index contributed by atoms with van der Waals surface area (Å²) in [5.74, 6) is 1.56. The fourth-order valence-electron chi connectivity index (χ4n) is 3.36. The molecule has 4 nitrogen and oxygen atoms in total. The van der Waals surface area contributed by atoms with Gasteiger partial charge in [0.1, 0.15) is 0 Å². The number of hydrogen-bond donors (Lipinski definition) is 1. The quantitative estimate of drug-likeness (QED) is 0.922. The fourth-order valence-corrected chi connectivity index (χ4v) is 3.36. The molecule has 1 unspecified atom stereocenters. The van der Waals surface area contributed by atoms with Crippen LogP contribution >= 0.6 is 0 Å². The second kappa shape index (κ2) is 7.02. The highest BCUT2D eigenvalue weighted by molar-refractivity contribution is 5.49. The van der Waals surface area contributed by atoms with E-state index < -0.39 is 0 Å². The van der Waals surface area contributed by atoms with Crippen molar-refractivity contribution in [1.29, 1.82) is 0 Å². The van der Waals surface area contributed by atoms with Crippen LogP contribution in [0.3, 0.4) is 0 Å². The van der Waals surface area contributed by atoms with Crippen molar-refractivity contribution in [3.63, 3.8) is 0 Å². The molecule has 3 rings (SSSR count). The van der Waals surface area contributed by atoms with E-state index in [1.54, 1.807) is 14.2 Å².